The van der Waals surface area contributed by atoms with Crippen molar-refractivity contribution in [3.8, 4) is 0 Å². The molecule has 3 unspecified atom stereocenters. The van der Waals surface area contributed by atoms with Gasteiger partial charge in [-0.15, -0.1) is 0 Å². The molecule has 2 rings (SSSR count). The van der Waals surface area contributed by atoms with E-state index in [4.69, 9.17) is 9.84 Å². The van der Waals surface area contributed by atoms with Crippen molar-refractivity contribution in [2.24, 2.45) is 0 Å². The number of imidazole rings is 1. The Morgan fingerprint density at radius 1 is 1.64 bits per heavy atom. The molecular formula is C10H16N2O2. The summed E-state index contributed by atoms with van der Waals surface area (Å²) in [7, 11) is 0. The van der Waals surface area contributed by atoms with Crippen LogP contribution in [0.1, 0.15) is 32.0 Å². The molecule has 0 bridgehead atoms. The van der Waals surface area contributed by atoms with Crippen LogP contribution in [-0.4, -0.2) is 26.9 Å². The first-order valence-electron chi connectivity index (χ1n) is 4.99. The lowest BCUT2D eigenvalue weighted by Crippen LogP contribution is -2.15. The standard InChI is InChI=1S/C10H16N2O2/c1-7-3-10(8(2)14-7)12-4-9(5-13)11-6-12/h4,6-8,10,13H,3,5H2,1-2H3. The summed E-state index contributed by atoms with van der Waals surface area (Å²) in [5.74, 6) is 0. The molecule has 1 aromatic rings. The minimum Gasteiger partial charge on any atom is -0.390 e. The maximum absolute atomic E-state index is 8.90. The van der Waals surface area contributed by atoms with E-state index in [1.807, 2.05) is 10.8 Å². The van der Waals surface area contributed by atoms with E-state index in [-0.39, 0.29) is 12.7 Å². The Hall–Kier alpha value is -0.870. The monoisotopic (exact) mass is 196 g/mol. The van der Waals surface area contributed by atoms with Crippen LogP contribution >= 0.6 is 0 Å². The van der Waals surface area contributed by atoms with Gasteiger partial charge in [0.15, 0.2) is 0 Å². The molecule has 1 N–H and O–H groups in total. The molecule has 0 saturated carbocycles. The lowest BCUT2D eigenvalue weighted by atomic mass is 10.1. The van der Waals surface area contributed by atoms with Crippen LogP contribution in [0.15, 0.2) is 12.5 Å². The van der Waals surface area contributed by atoms with Gasteiger partial charge < -0.3 is 14.4 Å². The SMILES string of the molecule is CC1CC(n2cnc(CO)c2)C(C)O1. The van der Waals surface area contributed by atoms with Gasteiger partial charge in [0.25, 0.3) is 0 Å². The summed E-state index contributed by atoms with van der Waals surface area (Å²) in [6.45, 7) is 4.16. The number of aliphatic hydroxyl groups is 1. The maximum Gasteiger partial charge on any atom is 0.0953 e. The van der Waals surface area contributed by atoms with Crippen molar-refractivity contribution >= 4 is 0 Å². The highest BCUT2D eigenvalue weighted by Gasteiger charge is 2.30. The Labute approximate surface area is 83.5 Å². The molecule has 1 saturated heterocycles. The minimum atomic E-state index is 0.00448. The van der Waals surface area contributed by atoms with Crippen molar-refractivity contribution in [1.29, 1.82) is 0 Å². The highest BCUT2D eigenvalue weighted by Crippen LogP contribution is 2.30. The first-order chi connectivity index (χ1) is 6.70. The molecule has 2 heterocycles. The van der Waals surface area contributed by atoms with Crippen LogP contribution in [-0.2, 0) is 11.3 Å². The maximum atomic E-state index is 8.90. The van der Waals surface area contributed by atoms with Crippen LogP contribution in [0.3, 0.4) is 0 Å². The Bertz CT molecular complexity index is 311. The lowest BCUT2D eigenvalue weighted by Gasteiger charge is -2.14. The van der Waals surface area contributed by atoms with E-state index >= 15 is 0 Å². The number of hydrogen-bond acceptors (Lipinski definition) is 3. The summed E-state index contributed by atoms with van der Waals surface area (Å²) in [6, 6.07) is 0.359. The molecule has 4 heteroatoms. The Morgan fingerprint density at radius 2 is 2.43 bits per heavy atom. The highest BCUT2D eigenvalue weighted by atomic mass is 16.5. The molecule has 14 heavy (non-hydrogen) atoms. The molecule has 1 fully saturated rings. The fraction of sp³-hybridized carbons (Fsp3) is 0.700. The molecule has 1 aliphatic rings. The topological polar surface area (TPSA) is 47.3 Å². The molecule has 1 aromatic heterocycles. The van der Waals surface area contributed by atoms with E-state index in [1.165, 1.54) is 0 Å². The van der Waals surface area contributed by atoms with Crippen molar-refractivity contribution < 1.29 is 9.84 Å². The van der Waals surface area contributed by atoms with E-state index in [1.54, 1.807) is 6.33 Å². The third-order valence-corrected chi connectivity index (χ3v) is 2.76. The van der Waals surface area contributed by atoms with Crippen LogP contribution in [0.25, 0.3) is 0 Å². The lowest BCUT2D eigenvalue weighted by molar-refractivity contribution is 0.0573. The summed E-state index contributed by atoms with van der Waals surface area (Å²) in [4.78, 5) is 4.10. The molecule has 0 radical (unpaired) electrons. The summed E-state index contributed by atoms with van der Waals surface area (Å²) >= 11 is 0. The predicted molar refractivity (Wildman–Crippen MR) is 51.8 cm³/mol. The molecule has 0 aromatic carbocycles. The summed E-state index contributed by atoms with van der Waals surface area (Å²) in [6.07, 6.45) is 5.22. The third-order valence-electron chi connectivity index (χ3n) is 2.76. The average Bonchev–Trinajstić information content (AvgIpc) is 2.71. The van der Waals surface area contributed by atoms with Gasteiger partial charge in [0.2, 0.25) is 0 Å². The molecule has 3 atom stereocenters. The summed E-state index contributed by atoms with van der Waals surface area (Å²) < 4.78 is 7.70. The van der Waals surface area contributed by atoms with Crippen molar-refractivity contribution in [3.05, 3.63) is 18.2 Å². The van der Waals surface area contributed by atoms with Gasteiger partial charge >= 0.3 is 0 Å². The quantitative estimate of drug-likeness (QED) is 0.771. The van der Waals surface area contributed by atoms with E-state index in [0.717, 1.165) is 12.1 Å². The van der Waals surface area contributed by atoms with Crippen molar-refractivity contribution in [3.63, 3.8) is 0 Å². The fourth-order valence-electron chi connectivity index (χ4n) is 2.05. The van der Waals surface area contributed by atoms with Crippen molar-refractivity contribution in [2.45, 2.75) is 45.1 Å². The molecule has 4 nitrogen and oxygen atoms in total. The average molecular weight is 196 g/mol. The van der Waals surface area contributed by atoms with Gasteiger partial charge in [-0.05, 0) is 20.3 Å². The van der Waals surface area contributed by atoms with Crippen LogP contribution < -0.4 is 0 Å². The van der Waals surface area contributed by atoms with Gasteiger partial charge in [-0.3, -0.25) is 0 Å². The van der Waals surface area contributed by atoms with E-state index < -0.39 is 0 Å². The second-order valence-electron chi connectivity index (χ2n) is 3.93. The molecule has 0 spiro atoms. The third kappa shape index (κ3) is 1.67. The molecular weight excluding hydrogens is 180 g/mol. The van der Waals surface area contributed by atoms with E-state index in [0.29, 0.717) is 12.1 Å². The molecule has 78 valence electrons. The van der Waals surface area contributed by atoms with Gasteiger partial charge in [-0.1, -0.05) is 0 Å². The Morgan fingerprint density at radius 3 is 2.93 bits per heavy atom. The largest absolute Gasteiger partial charge is 0.390 e. The van der Waals surface area contributed by atoms with Crippen LogP contribution in [0, 0.1) is 0 Å². The van der Waals surface area contributed by atoms with Gasteiger partial charge in [0.1, 0.15) is 0 Å². The van der Waals surface area contributed by atoms with Crippen molar-refractivity contribution in [1.82, 2.24) is 9.55 Å². The zero-order chi connectivity index (χ0) is 10.1. The number of nitrogens with zero attached hydrogens (tertiary/aromatic N) is 2. The number of aromatic nitrogens is 2. The second kappa shape index (κ2) is 3.71. The smallest absolute Gasteiger partial charge is 0.0953 e. The number of hydrogen-bond donors (Lipinski definition) is 1. The summed E-state index contributed by atoms with van der Waals surface area (Å²) in [5, 5.41) is 8.90. The van der Waals surface area contributed by atoms with Crippen LogP contribution in [0.5, 0.6) is 0 Å². The minimum absolute atomic E-state index is 0.00448. The fourth-order valence-corrected chi connectivity index (χ4v) is 2.05. The van der Waals surface area contributed by atoms with Gasteiger partial charge in [-0.2, -0.15) is 0 Å². The summed E-state index contributed by atoms with van der Waals surface area (Å²) in [5.41, 5.74) is 0.719. The number of ether oxygens (including phenoxy) is 1. The van der Waals surface area contributed by atoms with E-state index in [9.17, 15) is 0 Å². The molecule has 0 amide bonds. The van der Waals surface area contributed by atoms with Gasteiger partial charge in [0.05, 0.1) is 36.9 Å². The first-order valence-corrected chi connectivity index (χ1v) is 4.99. The van der Waals surface area contributed by atoms with Gasteiger partial charge in [-0.25, -0.2) is 4.98 Å². The first kappa shape index (κ1) is 9.68. The normalized spacial score (nSPS) is 32.4. The van der Waals surface area contributed by atoms with Crippen LogP contribution in [0.2, 0.25) is 0 Å². The van der Waals surface area contributed by atoms with Gasteiger partial charge in [0, 0.05) is 6.20 Å². The number of aliphatic hydroxyl groups excluding tert-OH is 1. The zero-order valence-corrected chi connectivity index (χ0v) is 8.55. The second-order valence-corrected chi connectivity index (χ2v) is 3.93. The Kier molecular flexibility index (Phi) is 2.56. The van der Waals surface area contributed by atoms with E-state index in [2.05, 4.69) is 18.8 Å². The molecule has 0 aliphatic carbocycles. The van der Waals surface area contributed by atoms with Crippen LogP contribution in [0.4, 0.5) is 0 Å². The zero-order valence-electron chi connectivity index (χ0n) is 8.55. The highest BCUT2D eigenvalue weighted by molar-refractivity contribution is 4.98. The Balaban J connectivity index is 2.14. The molecule has 1 aliphatic heterocycles. The predicted octanol–water partition coefficient (Wildman–Crippen LogP) is 1.11. The number of rotatable bonds is 2. The van der Waals surface area contributed by atoms with Crippen molar-refractivity contribution in [2.75, 3.05) is 0 Å².